The van der Waals surface area contributed by atoms with Gasteiger partial charge < -0.3 is 9.73 Å². The van der Waals surface area contributed by atoms with Gasteiger partial charge in [-0.25, -0.2) is 0 Å². The van der Waals surface area contributed by atoms with Crippen LogP contribution in [-0.2, 0) is 13.1 Å². The van der Waals surface area contributed by atoms with E-state index in [4.69, 9.17) is 4.42 Å². The van der Waals surface area contributed by atoms with Crippen LogP contribution in [0.5, 0.6) is 0 Å². The number of nitrogens with one attached hydrogen (secondary N) is 1. The second-order valence-corrected chi connectivity index (χ2v) is 7.05. The van der Waals surface area contributed by atoms with E-state index in [0.717, 1.165) is 43.3 Å². The molecule has 3 heteroatoms. The van der Waals surface area contributed by atoms with Crippen LogP contribution in [0.3, 0.4) is 0 Å². The molecule has 0 aliphatic carbocycles. The van der Waals surface area contributed by atoms with Crippen molar-refractivity contribution in [3.8, 4) is 11.3 Å². The Hall–Kier alpha value is -2.36. The van der Waals surface area contributed by atoms with Crippen LogP contribution in [0.1, 0.15) is 24.2 Å². The van der Waals surface area contributed by atoms with Gasteiger partial charge in [0.1, 0.15) is 11.5 Å². The van der Waals surface area contributed by atoms with Crippen LogP contribution >= 0.6 is 0 Å². The van der Waals surface area contributed by atoms with Crippen LogP contribution in [0, 0.1) is 0 Å². The first-order valence-corrected chi connectivity index (χ1v) is 9.50. The summed E-state index contributed by atoms with van der Waals surface area (Å²) in [5, 5.41) is 3.67. The molecule has 0 bridgehead atoms. The number of hydrogen-bond donors (Lipinski definition) is 1. The van der Waals surface area contributed by atoms with Gasteiger partial charge in [-0.1, -0.05) is 60.7 Å². The average molecular weight is 346 g/mol. The lowest BCUT2D eigenvalue weighted by atomic mass is 10.0. The summed E-state index contributed by atoms with van der Waals surface area (Å²) in [6.45, 7) is 4.17. The molecule has 1 fully saturated rings. The van der Waals surface area contributed by atoms with E-state index in [0.29, 0.717) is 6.04 Å². The van der Waals surface area contributed by atoms with Crippen LogP contribution in [-0.4, -0.2) is 24.0 Å². The molecule has 0 atom stereocenters. The summed E-state index contributed by atoms with van der Waals surface area (Å²) in [6.07, 6.45) is 2.39. The van der Waals surface area contributed by atoms with Gasteiger partial charge in [-0.3, -0.25) is 4.90 Å². The molecule has 0 radical (unpaired) electrons. The zero-order valence-electron chi connectivity index (χ0n) is 15.1. The Morgan fingerprint density at radius 3 is 2.27 bits per heavy atom. The predicted molar refractivity (Wildman–Crippen MR) is 106 cm³/mol. The van der Waals surface area contributed by atoms with Crippen molar-refractivity contribution in [1.29, 1.82) is 0 Å². The number of furan rings is 1. The van der Waals surface area contributed by atoms with E-state index in [9.17, 15) is 0 Å². The molecule has 4 rings (SSSR count). The van der Waals surface area contributed by atoms with Crippen LogP contribution in [0.4, 0.5) is 0 Å². The van der Waals surface area contributed by atoms with Crippen molar-refractivity contribution in [3.05, 3.63) is 84.1 Å². The molecular weight excluding hydrogens is 320 g/mol. The van der Waals surface area contributed by atoms with Crippen molar-refractivity contribution >= 4 is 0 Å². The number of piperidine rings is 1. The topological polar surface area (TPSA) is 28.4 Å². The molecule has 0 amide bonds. The van der Waals surface area contributed by atoms with Crippen LogP contribution in [0.15, 0.2) is 77.2 Å². The Bertz CT molecular complexity index is 789. The van der Waals surface area contributed by atoms with Gasteiger partial charge in [-0.15, -0.1) is 0 Å². The molecular formula is C23H26N2O. The summed E-state index contributed by atoms with van der Waals surface area (Å²) in [6, 6.07) is 25.7. The van der Waals surface area contributed by atoms with Crippen molar-refractivity contribution in [2.45, 2.75) is 32.0 Å². The molecule has 0 saturated carbocycles. The number of nitrogens with zero attached hydrogens (tertiary/aromatic N) is 1. The first-order valence-electron chi connectivity index (χ1n) is 9.50. The molecule has 1 aliphatic rings. The first-order chi connectivity index (χ1) is 12.9. The van der Waals surface area contributed by atoms with Crippen molar-refractivity contribution < 1.29 is 4.42 Å². The molecule has 2 heterocycles. The summed E-state index contributed by atoms with van der Waals surface area (Å²) in [5.74, 6) is 1.95. The van der Waals surface area contributed by atoms with E-state index in [2.05, 4.69) is 64.8 Å². The maximum Gasteiger partial charge on any atom is 0.134 e. The van der Waals surface area contributed by atoms with Crippen molar-refractivity contribution in [3.63, 3.8) is 0 Å². The largest absolute Gasteiger partial charge is 0.460 e. The highest BCUT2D eigenvalue weighted by Crippen LogP contribution is 2.22. The van der Waals surface area contributed by atoms with Crippen molar-refractivity contribution in [1.82, 2.24) is 10.2 Å². The first kappa shape index (κ1) is 17.1. The summed E-state index contributed by atoms with van der Waals surface area (Å²) in [4.78, 5) is 2.55. The minimum atomic E-state index is 0.576. The lowest BCUT2D eigenvalue weighted by Crippen LogP contribution is -2.41. The monoisotopic (exact) mass is 346 g/mol. The van der Waals surface area contributed by atoms with E-state index >= 15 is 0 Å². The Labute approximate surface area is 155 Å². The Balaban J connectivity index is 1.23. The smallest absolute Gasteiger partial charge is 0.134 e. The van der Waals surface area contributed by atoms with Crippen LogP contribution < -0.4 is 5.32 Å². The van der Waals surface area contributed by atoms with Crippen LogP contribution in [0.2, 0.25) is 0 Å². The van der Waals surface area contributed by atoms with Gasteiger partial charge in [0.05, 0.1) is 6.54 Å². The van der Waals surface area contributed by atoms with E-state index < -0.39 is 0 Å². The van der Waals surface area contributed by atoms with Crippen LogP contribution in [0.25, 0.3) is 11.3 Å². The Kier molecular flexibility index (Phi) is 5.48. The highest BCUT2D eigenvalue weighted by Gasteiger charge is 2.19. The fourth-order valence-electron chi connectivity index (χ4n) is 3.61. The zero-order chi connectivity index (χ0) is 17.6. The van der Waals surface area contributed by atoms with Gasteiger partial charge in [0.15, 0.2) is 0 Å². The van der Waals surface area contributed by atoms with Gasteiger partial charge in [0, 0.05) is 18.2 Å². The van der Waals surface area contributed by atoms with E-state index in [1.54, 1.807) is 0 Å². The molecule has 0 unspecified atom stereocenters. The third-order valence-electron chi connectivity index (χ3n) is 5.12. The molecule has 134 valence electrons. The second kappa shape index (κ2) is 8.35. The van der Waals surface area contributed by atoms with Crippen molar-refractivity contribution in [2.24, 2.45) is 0 Å². The normalized spacial score (nSPS) is 16.0. The maximum absolute atomic E-state index is 5.99. The standard InChI is InChI=1S/C23H26N2O/c1-3-7-19(8-4-1)18-25-15-13-21(14-16-25)24-17-22-11-12-23(26-22)20-9-5-2-6-10-20/h1-12,21,24H,13-18H2. The average Bonchev–Trinajstić information content (AvgIpc) is 3.18. The number of likely N-dealkylation sites (tertiary alicyclic amines) is 1. The minimum absolute atomic E-state index is 0.576. The molecule has 26 heavy (non-hydrogen) atoms. The molecule has 1 N–H and O–H groups in total. The SMILES string of the molecule is c1ccc(CN2CCC(NCc3ccc(-c4ccccc4)o3)CC2)cc1. The summed E-state index contributed by atoms with van der Waals surface area (Å²) in [7, 11) is 0. The predicted octanol–water partition coefficient (Wildman–Crippen LogP) is 4.70. The summed E-state index contributed by atoms with van der Waals surface area (Å²) >= 11 is 0. The third-order valence-corrected chi connectivity index (χ3v) is 5.12. The van der Waals surface area contributed by atoms with E-state index in [-0.39, 0.29) is 0 Å². The molecule has 3 nitrogen and oxygen atoms in total. The number of hydrogen-bond acceptors (Lipinski definition) is 3. The minimum Gasteiger partial charge on any atom is -0.460 e. The molecule has 3 aromatic rings. The van der Waals surface area contributed by atoms with Gasteiger partial charge in [-0.2, -0.15) is 0 Å². The quantitative estimate of drug-likeness (QED) is 0.701. The van der Waals surface area contributed by atoms with Gasteiger partial charge in [-0.05, 0) is 43.6 Å². The maximum atomic E-state index is 5.99. The van der Waals surface area contributed by atoms with Gasteiger partial charge in [0.2, 0.25) is 0 Å². The molecule has 1 aliphatic heterocycles. The van der Waals surface area contributed by atoms with E-state index in [1.807, 2.05) is 18.2 Å². The Morgan fingerprint density at radius 2 is 1.54 bits per heavy atom. The lowest BCUT2D eigenvalue weighted by Gasteiger charge is -2.32. The van der Waals surface area contributed by atoms with Gasteiger partial charge >= 0.3 is 0 Å². The summed E-state index contributed by atoms with van der Waals surface area (Å²) in [5.41, 5.74) is 2.54. The van der Waals surface area contributed by atoms with Gasteiger partial charge in [0.25, 0.3) is 0 Å². The number of rotatable bonds is 6. The number of benzene rings is 2. The van der Waals surface area contributed by atoms with Crippen molar-refractivity contribution in [2.75, 3.05) is 13.1 Å². The Morgan fingerprint density at radius 1 is 0.846 bits per heavy atom. The fourth-order valence-corrected chi connectivity index (χ4v) is 3.61. The molecule has 1 aromatic heterocycles. The second-order valence-electron chi connectivity index (χ2n) is 7.05. The van der Waals surface area contributed by atoms with E-state index in [1.165, 1.54) is 18.4 Å². The molecule has 0 spiro atoms. The third kappa shape index (κ3) is 4.43. The lowest BCUT2D eigenvalue weighted by molar-refractivity contribution is 0.189. The molecule has 1 saturated heterocycles. The highest BCUT2D eigenvalue weighted by atomic mass is 16.3. The zero-order valence-corrected chi connectivity index (χ0v) is 15.1. The summed E-state index contributed by atoms with van der Waals surface area (Å²) < 4.78 is 5.99. The highest BCUT2D eigenvalue weighted by molar-refractivity contribution is 5.57. The fraction of sp³-hybridized carbons (Fsp3) is 0.304. The molecule has 2 aromatic carbocycles.